The highest BCUT2D eigenvalue weighted by molar-refractivity contribution is 6.30. The summed E-state index contributed by atoms with van der Waals surface area (Å²) in [7, 11) is 2.05. The molecule has 3 heterocycles. The van der Waals surface area contributed by atoms with E-state index in [1.54, 1.807) is 0 Å². The Morgan fingerprint density at radius 2 is 1.69 bits per heavy atom. The van der Waals surface area contributed by atoms with E-state index in [0.29, 0.717) is 0 Å². The smallest absolute Gasteiger partial charge is 0.155 e. The molecular formula is C21H15ClN4. The summed E-state index contributed by atoms with van der Waals surface area (Å²) in [5, 5.41) is 1.93. The maximum absolute atomic E-state index is 6.01. The van der Waals surface area contributed by atoms with Crippen molar-refractivity contribution in [2.45, 2.75) is 0 Å². The highest BCUT2D eigenvalue weighted by Crippen LogP contribution is 2.27. The molecule has 5 aromatic rings. The van der Waals surface area contributed by atoms with E-state index in [9.17, 15) is 0 Å². The predicted octanol–water partition coefficient (Wildman–Crippen LogP) is 5.21. The molecule has 0 fully saturated rings. The van der Waals surface area contributed by atoms with Crippen molar-refractivity contribution in [1.82, 2.24) is 18.9 Å². The Morgan fingerprint density at radius 3 is 2.54 bits per heavy atom. The lowest BCUT2D eigenvalue weighted by Gasteiger charge is -2.06. The molecule has 0 aliphatic heterocycles. The molecule has 0 aliphatic rings. The minimum Gasteiger partial charge on any atom is -0.351 e. The SMILES string of the molecule is Cn1ccc2cc(-c3cn4c(-c5ccc(Cl)cc5)cnc4cn3)ccc21. The fraction of sp³-hybridized carbons (Fsp3) is 0.0476. The first-order chi connectivity index (χ1) is 12.7. The molecule has 26 heavy (non-hydrogen) atoms. The minimum atomic E-state index is 0.723. The molecule has 0 unspecified atom stereocenters. The van der Waals surface area contributed by atoms with Crippen LogP contribution in [-0.2, 0) is 7.05 Å². The number of benzene rings is 2. The Kier molecular flexibility index (Phi) is 3.33. The molecule has 0 radical (unpaired) electrons. The number of rotatable bonds is 2. The van der Waals surface area contributed by atoms with Gasteiger partial charge in [-0.3, -0.25) is 9.38 Å². The number of aromatic nitrogens is 4. The van der Waals surface area contributed by atoms with Gasteiger partial charge in [-0.1, -0.05) is 29.8 Å². The molecule has 0 saturated carbocycles. The van der Waals surface area contributed by atoms with E-state index in [1.165, 1.54) is 10.9 Å². The molecule has 0 N–H and O–H groups in total. The zero-order chi connectivity index (χ0) is 17.7. The third-order valence-corrected chi connectivity index (χ3v) is 4.97. The van der Waals surface area contributed by atoms with Crippen LogP contribution in [0.15, 0.2) is 73.3 Å². The maximum Gasteiger partial charge on any atom is 0.155 e. The maximum atomic E-state index is 6.01. The van der Waals surface area contributed by atoms with E-state index in [4.69, 9.17) is 11.6 Å². The molecule has 2 aromatic carbocycles. The highest BCUT2D eigenvalue weighted by atomic mass is 35.5. The number of fused-ring (bicyclic) bond motifs is 2. The number of hydrogen-bond donors (Lipinski definition) is 0. The minimum absolute atomic E-state index is 0.723. The van der Waals surface area contributed by atoms with Crippen molar-refractivity contribution in [3.8, 4) is 22.5 Å². The van der Waals surface area contributed by atoms with Gasteiger partial charge in [0.1, 0.15) is 0 Å². The second-order valence-corrected chi connectivity index (χ2v) is 6.79. The number of halogens is 1. The molecule has 0 amide bonds. The van der Waals surface area contributed by atoms with Crippen molar-refractivity contribution in [3.63, 3.8) is 0 Å². The zero-order valence-electron chi connectivity index (χ0n) is 14.1. The highest BCUT2D eigenvalue weighted by Gasteiger charge is 2.09. The van der Waals surface area contributed by atoms with Gasteiger partial charge in [-0.15, -0.1) is 0 Å². The van der Waals surface area contributed by atoms with Crippen LogP contribution in [0.3, 0.4) is 0 Å². The van der Waals surface area contributed by atoms with Crippen LogP contribution >= 0.6 is 11.6 Å². The van der Waals surface area contributed by atoms with Crippen LogP contribution in [0, 0.1) is 0 Å². The van der Waals surface area contributed by atoms with Gasteiger partial charge in [-0.2, -0.15) is 0 Å². The van der Waals surface area contributed by atoms with E-state index >= 15 is 0 Å². The average Bonchev–Trinajstić information content (AvgIpc) is 3.25. The quantitative estimate of drug-likeness (QED) is 0.434. The molecule has 126 valence electrons. The van der Waals surface area contributed by atoms with Crippen LogP contribution < -0.4 is 0 Å². The molecular weight excluding hydrogens is 344 g/mol. The van der Waals surface area contributed by atoms with Gasteiger partial charge in [0.25, 0.3) is 0 Å². The Morgan fingerprint density at radius 1 is 0.885 bits per heavy atom. The van der Waals surface area contributed by atoms with E-state index in [2.05, 4.69) is 56.4 Å². The van der Waals surface area contributed by atoms with Gasteiger partial charge >= 0.3 is 0 Å². The fourth-order valence-electron chi connectivity index (χ4n) is 3.31. The first-order valence-electron chi connectivity index (χ1n) is 8.33. The second-order valence-electron chi connectivity index (χ2n) is 6.35. The van der Waals surface area contributed by atoms with Crippen LogP contribution in [0.2, 0.25) is 5.02 Å². The lowest BCUT2D eigenvalue weighted by atomic mass is 10.1. The molecule has 0 spiro atoms. The van der Waals surface area contributed by atoms with Gasteiger partial charge in [-0.05, 0) is 30.3 Å². The summed E-state index contributed by atoms with van der Waals surface area (Å²) in [5.41, 5.74) is 6.11. The summed E-state index contributed by atoms with van der Waals surface area (Å²) >= 11 is 6.01. The van der Waals surface area contributed by atoms with Gasteiger partial charge in [0.15, 0.2) is 5.65 Å². The summed E-state index contributed by atoms with van der Waals surface area (Å²) in [6.45, 7) is 0. The Labute approximate surface area is 155 Å². The predicted molar refractivity (Wildman–Crippen MR) is 105 cm³/mol. The first-order valence-corrected chi connectivity index (χ1v) is 8.71. The first kappa shape index (κ1) is 15.2. The van der Waals surface area contributed by atoms with Crippen molar-refractivity contribution < 1.29 is 0 Å². The monoisotopic (exact) mass is 358 g/mol. The fourth-order valence-corrected chi connectivity index (χ4v) is 3.44. The summed E-state index contributed by atoms with van der Waals surface area (Å²) in [6.07, 6.45) is 7.78. The Hall–Kier alpha value is -3.11. The van der Waals surface area contributed by atoms with Crippen molar-refractivity contribution in [2.24, 2.45) is 7.05 Å². The van der Waals surface area contributed by atoms with E-state index in [-0.39, 0.29) is 0 Å². The Bertz CT molecular complexity index is 1250. The lowest BCUT2D eigenvalue weighted by molar-refractivity contribution is 0.969. The average molecular weight is 359 g/mol. The van der Waals surface area contributed by atoms with Crippen molar-refractivity contribution >= 4 is 28.2 Å². The number of hydrogen-bond acceptors (Lipinski definition) is 2. The third-order valence-electron chi connectivity index (χ3n) is 4.72. The lowest BCUT2D eigenvalue weighted by Crippen LogP contribution is -1.93. The molecule has 0 atom stereocenters. The van der Waals surface area contributed by atoms with Crippen LogP contribution in [0.5, 0.6) is 0 Å². The van der Waals surface area contributed by atoms with Gasteiger partial charge in [-0.25, -0.2) is 4.98 Å². The van der Waals surface area contributed by atoms with Gasteiger partial charge in [0.2, 0.25) is 0 Å². The molecule has 0 bridgehead atoms. The van der Waals surface area contributed by atoms with Crippen molar-refractivity contribution in [1.29, 1.82) is 0 Å². The molecule has 0 aliphatic carbocycles. The van der Waals surface area contributed by atoms with E-state index in [1.807, 2.05) is 42.9 Å². The Balaban J connectivity index is 1.66. The van der Waals surface area contributed by atoms with Gasteiger partial charge in [0.05, 0.1) is 23.8 Å². The summed E-state index contributed by atoms with van der Waals surface area (Å²) < 4.78 is 4.19. The second kappa shape index (κ2) is 5.71. The third kappa shape index (κ3) is 2.38. The van der Waals surface area contributed by atoms with Crippen LogP contribution in [0.1, 0.15) is 0 Å². The molecule has 4 nitrogen and oxygen atoms in total. The van der Waals surface area contributed by atoms with Crippen LogP contribution in [0.25, 0.3) is 39.1 Å². The largest absolute Gasteiger partial charge is 0.351 e. The number of aryl methyl sites for hydroxylation is 1. The van der Waals surface area contributed by atoms with Crippen LogP contribution in [-0.4, -0.2) is 18.9 Å². The van der Waals surface area contributed by atoms with E-state index in [0.717, 1.165) is 33.2 Å². The topological polar surface area (TPSA) is 35.1 Å². The number of nitrogens with zero attached hydrogens (tertiary/aromatic N) is 4. The van der Waals surface area contributed by atoms with Crippen molar-refractivity contribution in [3.05, 3.63) is 78.3 Å². The van der Waals surface area contributed by atoms with E-state index < -0.39 is 0 Å². The zero-order valence-corrected chi connectivity index (χ0v) is 14.9. The van der Waals surface area contributed by atoms with Crippen LogP contribution in [0.4, 0.5) is 0 Å². The molecule has 0 saturated heterocycles. The van der Waals surface area contributed by atoms with Crippen molar-refractivity contribution in [2.75, 3.05) is 0 Å². The number of imidazole rings is 1. The molecule has 3 aromatic heterocycles. The van der Waals surface area contributed by atoms with Gasteiger partial charge in [0, 0.05) is 46.5 Å². The summed E-state index contributed by atoms with van der Waals surface area (Å²) in [5.74, 6) is 0. The normalized spacial score (nSPS) is 11.5. The molecule has 5 heteroatoms. The standard InChI is InChI=1S/C21H15ClN4/c1-25-9-8-16-10-15(4-7-19(16)25)18-13-26-20(11-24-21(26)12-23-18)14-2-5-17(22)6-3-14/h2-13H,1H3. The summed E-state index contributed by atoms with van der Waals surface area (Å²) in [6, 6.07) is 16.3. The van der Waals surface area contributed by atoms with Gasteiger partial charge < -0.3 is 4.57 Å². The molecule has 5 rings (SSSR count). The summed E-state index contributed by atoms with van der Waals surface area (Å²) in [4.78, 5) is 9.07.